The Hall–Kier alpha value is -1.31. The van der Waals surface area contributed by atoms with Gasteiger partial charge >= 0.3 is 0 Å². The summed E-state index contributed by atoms with van der Waals surface area (Å²) in [5, 5.41) is 10.5. The summed E-state index contributed by atoms with van der Waals surface area (Å²) >= 11 is 0. The molecule has 0 heterocycles. The second-order valence-corrected chi connectivity index (χ2v) is 3.84. The molecule has 1 atom stereocenters. The lowest BCUT2D eigenvalue weighted by Crippen LogP contribution is -2.23. The molecule has 0 aliphatic rings. The van der Waals surface area contributed by atoms with Crippen LogP contribution in [0.25, 0.3) is 0 Å². The zero-order valence-corrected chi connectivity index (χ0v) is 8.83. The first-order valence-electron chi connectivity index (χ1n) is 4.77. The van der Waals surface area contributed by atoms with Gasteiger partial charge in [0.1, 0.15) is 0 Å². The van der Waals surface area contributed by atoms with Crippen LogP contribution in [-0.4, -0.2) is 5.97 Å². The lowest BCUT2D eigenvalue weighted by Gasteiger charge is -2.15. The number of hydrogen-bond donors (Lipinski definition) is 0. The van der Waals surface area contributed by atoms with Crippen LogP contribution in [0.2, 0.25) is 0 Å². The molecule has 1 aromatic carbocycles. The first-order valence-corrected chi connectivity index (χ1v) is 4.77. The quantitative estimate of drug-likeness (QED) is 0.727. The molecule has 2 nitrogen and oxygen atoms in total. The number of carbonyl (C=O) groups excluding carboxylic acids is 1. The predicted molar refractivity (Wildman–Crippen MR) is 54.0 cm³/mol. The zero-order chi connectivity index (χ0) is 10.7. The Labute approximate surface area is 84.6 Å². The molecule has 0 aromatic heterocycles. The van der Waals surface area contributed by atoms with E-state index in [0.717, 1.165) is 11.1 Å². The number of aryl methyl sites for hydroxylation is 2. The summed E-state index contributed by atoms with van der Waals surface area (Å²) in [4.78, 5) is 10.5. The van der Waals surface area contributed by atoms with Gasteiger partial charge in [-0.3, -0.25) is 0 Å². The van der Waals surface area contributed by atoms with E-state index >= 15 is 0 Å². The molecule has 0 radical (unpaired) electrons. The van der Waals surface area contributed by atoms with Crippen molar-refractivity contribution in [1.29, 1.82) is 0 Å². The van der Waals surface area contributed by atoms with Gasteiger partial charge in [-0.05, 0) is 37.3 Å². The van der Waals surface area contributed by atoms with Gasteiger partial charge in [0.15, 0.2) is 0 Å². The Balaban J connectivity index is 2.90. The van der Waals surface area contributed by atoms with Gasteiger partial charge in [-0.15, -0.1) is 0 Å². The molecule has 76 valence electrons. The Morgan fingerprint density at radius 1 is 1.43 bits per heavy atom. The van der Waals surface area contributed by atoms with Crippen LogP contribution < -0.4 is 5.11 Å². The van der Waals surface area contributed by atoms with E-state index in [1.807, 2.05) is 32.9 Å². The third-order valence-electron chi connectivity index (χ3n) is 2.43. The minimum Gasteiger partial charge on any atom is -0.550 e. The van der Waals surface area contributed by atoms with Crippen LogP contribution in [0, 0.1) is 13.8 Å². The molecule has 1 aromatic rings. The van der Waals surface area contributed by atoms with Crippen LogP contribution in [0.4, 0.5) is 0 Å². The summed E-state index contributed by atoms with van der Waals surface area (Å²) in [5.41, 5.74) is 3.45. The molecule has 0 spiro atoms. The topological polar surface area (TPSA) is 40.1 Å². The zero-order valence-electron chi connectivity index (χ0n) is 8.83. The van der Waals surface area contributed by atoms with Gasteiger partial charge in [-0.1, -0.05) is 30.7 Å². The average Bonchev–Trinajstić information content (AvgIpc) is 2.01. The number of hydrogen-bond acceptors (Lipinski definition) is 2. The second kappa shape index (κ2) is 4.27. The first kappa shape index (κ1) is 10.8. The molecular weight excluding hydrogens is 176 g/mol. The molecule has 0 saturated carbocycles. The molecule has 2 heteroatoms. The van der Waals surface area contributed by atoms with Gasteiger partial charge in [0.2, 0.25) is 0 Å². The van der Waals surface area contributed by atoms with Crippen LogP contribution in [0.5, 0.6) is 0 Å². The Morgan fingerprint density at radius 3 is 2.57 bits per heavy atom. The maximum Gasteiger partial charge on any atom is 0.0420 e. The molecule has 14 heavy (non-hydrogen) atoms. The molecule has 0 N–H and O–H groups in total. The molecule has 1 unspecified atom stereocenters. The summed E-state index contributed by atoms with van der Waals surface area (Å²) < 4.78 is 0. The molecular formula is C12H15O2-. The lowest BCUT2D eigenvalue weighted by molar-refractivity contribution is -0.306. The fourth-order valence-corrected chi connectivity index (χ4v) is 1.74. The van der Waals surface area contributed by atoms with Gasteiger partial charge in [0.05, 0.1) is 0 Å². The summed E-state index contributed by atoms with van der Waals surface area (Å²) in [5.74, 6) is -0.960. The van der Waals surface area contributed by atoms with Crippen molar-refractivity contribution in [2.45, 2.75) is 33.1 Å². The van der Waals surface area contributed by atoms with Crippen molar-refractivity contribution >= 4 is 5.97 Å². The Kier molecular flexibility index (Phi) is 3.28. The van der Waals surface area contributed by atoms with Crippen LogP contribution in [0.1, 0.15) is 36.0 Å². The van der Waals surface area contributed by atoms with Crippen molar-refractivity contribution in [2.24, 2.45) is 0 Å². The Bertz CT molecular complexity index is 342. The van der Waals surface area contributed by atoms with E-state index in [2.05, 4.69) is 6.07 Å². The Morgan fingerprint density at radius 2 is 2.07 bits per heavy atom. The van der Waals surface area contributed by atoms with Crippen LogP contribution in [0.15, 0.2) is 18.2 Å². The van der Waals surface area contributed by atoms with E-state index in [0.29, 0.717) is 0 Å². The van der Waals surface area contributed by atoms with Gasteiger partial charge < -0.3 is 9.90 Å². The summed E-state index contributed by atoms with van der Waals surface area (Å²) in [6, 6.07) is 6.08. The van der Waals surface area contributed by atoms with Gasteiger partial charge in [0.25, 0.3) is 0 Å². The van der Waals surface area contributed by atoms with Gasteiger partial charge in [-0.25, -0.2) is 0 Å². The maximum absolute atomic E-state index is 10.5. The van der Waals surface area contributed by atoms with Crippen LogP contribution in [-0.2, 0) is 4.79 Å². The number of benzene rings is 1. The van der Waals surface area contributed by atoms with E-state index in [1.54, 1.807) is 0 Å². The number of carboxylic acid groups (broad SMARTS) is 1. The van der Waals surface area contributed by atoms with Crippen molar-refractivity contribution in [3.63, 3.8) is 0 Å². The monoisotopic (exact) mass is 191 g/mol. The minimum absolute atomic E-state index is 0.0283. The van der Waals surface area contributed by atoms with Gasteiger partial charge in [-0.2, -0.15) is 0 Å². The number of aliphatic carboxylic acids is 1. The average molecular weight is 191 g/mol. The number of rotatable bonds is 3. The predicted octanol–water partition coefficient (Wildman–Crippen LogP) is 1.55. The fourth-order valence-electron chi connectivity index (χ4n) is 1.74. The highest BCUT2D eigenvalue weighted by Gasteiger charge is 2.08. The summed E-state index contributed by atoms with van der Waals surface area (Å²) in [6.07, 6.45) is 0.0872. The van der Waals surface area contributed by atoms with Gasteiger partial charge in [0, 0.05) is 5.97 Å². The van der Waals surface area contributed by atoms with Crippen molar-refractivity contribution in [1.82, 2.24) is 0 Å². The van der Waals surface area contributed by atoms with E-state index in [9.17, 15) is 9.90 Å². The normalized spacial score (nSPS) is 12.5. The van der Waals surface area contributed by atoms with Crippen molar-refractivity contribution in [3.05, 3.63) is 34.9 Å². The highest BCUT2D eigenvalue weighted by molar-refractivity contribution is 5.65. The highest BCUT2D eigenvalue weighted by Crippen LogP contribution is 2.22. The third-order valence-corrected chi connectivity index (χ3v) is 2.43. The van der Waals surface area contributed by atoms with Crippen molar-refractivity contribution in [3.8, 4) is 0 Å². The number of carboxylic acids is 1. The molecule has 0 saturated heterocycles. The van der Waals surface area contributed by atoms with E-state index < -0.39 is 5.97 Å². The molecule has 0 bridgehead atoms. The van der Waals surface area contributed by atoms with Crippen molar-refractivity contribution < 1.29 is 9.90 Å². The van der Waals surface area contributed by atoms with Crippen molar-refractivity contribution in [2.75, 3.05) is 0 Å². The fraction of sp³-hybridized carbons (Fsp3) is 0.417. The molecule has 0 amide bonds. The highest BCUT2D eigenvalue weighted by atomic mass is 16.4. The summed E-state index contributed by atoms with van der Waals surface area (Å²) in [6.45, 7) is 5.95. The lowest BCUT2D eigenvalue weighted by atomic mass is 9.93. The molecule has 0 aliphatic carbocycles. The van der Waals surface area contributed by atoms with E-state index in [4.69, 9.17) is 0 Å². The first-order chi connectivity index (χ1) is 6.50. The minimum atomic E-state index is -0.988. The van der Waals surface area contributed by atoms with Crippen LogP contribution in [0.3, 0.4) is 0 Å². The largest absolute Gasteiger partial charge is 0.550 e. The standard InChI is InChI=1S/C12H16O2/c1-8-4-5-11(9(2)6-8)10(3)7-12(13)14/h4-6,10H,7H2,1-3H3,(H,13,14)/p-1. The molecule has 1 rings (SSSR count). The molecule has 0 fully saturated rings. The SMILES string of the molecule is Cc1ccc(C(C)CC(=O)[O-])c(C)c1. The van der Waals surface area contributed by atoms with Crippen LogP contribution >= 0.6 is 0 Å². The maximum atomic E-state index is 10.5. The third kappa shape index (κ3) is 2.59. The molecule has 0 aliphatic heterocycles. The number of carbonyl (C=O) groups is 1. The smallest absolute Gasteiger partial charge is 0.0420 e. The van der Waals surface area contributed by atoms with E-state index in [1.165, 1.54) is 5.56 Å². The second-order valence-electron chi connectivity index (χ2n) is 3.84. The summed E-state index contributed by atoms with van der Waals surface area (Å²) in [7, 11) is 0. The van der Waals surface area contributed by atoms with E-state index in [-0.39, 0.29) is 12.3 Å².